The van der Waals surface area contributed by atoms with Gasteiger partial charge in [-0.25, -0.2) is 4.79 Å². The Kier molecular flexibility index (Phi) is 7.51. The third-order valence-electron chi connectivity index (χ3n) is 2.88. The third kappa shape index (κ3) is 6.19. The van der Waals surface area contributed by atoms with E-state index in [0.717, 1.165) is 0 Å². The van der Waals surface area contributed by atoms with Crippen molar-refractivity contribution in [3.63, 3.8) is 0 Å². The van der Waals surface area contributed by atoms with E-state index in [9.17, 15) is 14.4 Å². The number of nitriles is 1. The maximum Gasteiger partial charge on any atom is 0.337 e. The number of carbonyl (C=O) groups excluding carboxylic acids is 2. The molecule has 0 fully saturated rings. The summed E-state index contributed by atoms with van der Waals surface area (Å²) in [5, 5.41) is 22.7. The molecule has 0 unspecified atom stereocenters. The lowest BCUT2D eigenvalue weighted by Gasteiger charge is -2.06. The van der Waals surface area contributed by atoms with Gasteiger partial charge in [0.1, 0.15) is 11.6 Å². The molecule has 1 aromatic rings. The highest BCUT2D eigenvalue weighted by atomic mass is 16.5. The first-order valence-electron chi connectivity index (χ1n) is 7.03. The molecule has 0 aromatic heterocycles. The fourth-order valence-electron chi connectivity index (χ4n) is 1.69. The Hall–Kier alpha value is -3.34. The number of carboxylic acids is 1. The highest BCUT2D eigenvalue weighted by molar-refractivity contribution is 5.97. The van der Waals surface area contributed by atoms with Crippen molar-refractivity contribution in [1.29, 1.82) is 5.26 Å². The molecule has 0 spiro atoms. The van der Waals surface area contributed by atoms with Crippen LogP contribution in [0.3, 0.4) is 0 Å². The molecule has 126 valence electrons. The van der Waals surface area contributed by atoms with Gasteiger partial charge in [-0.1, -0.05) is 6.07 Å². The molecule has 1 amide bonds. The maximum absolute atomic E-state index is 11.8. The van der Waals surface area contributed by atoms with E-state index in [-0.39, 0.29) is 25.0 Å². The molecule has 8 heteroatoms. The van der Waals surface area contributed by atoms with E-state index in [0.29, 0.717) is 11.3 Å². The smallest absolute Gasteiger partial charge is 0.337 e. The van der Waals surface area contributed by atoms with E-state index >= 15 is 0 Å². The molecule has 0 saturated heterocycles. The molecule has 1 rings (SSSR count). The van der Waals surface area contributed by atoms with Crippen LogP contribution in [0.2, 0.25) is 0 Å². The van der Waals surface area contributed by atoms with Crippen LogP contribution < -0.4 is 10.6 Å². The first kappa shape index (κ1) is 18.7. The summed E-state index contributed by atoms with van der Waals surface area (Å²) in [6.45, 7) is 0.155. The summed E-state index contributed by atoms with van der Waals surface area (Å²) in [4.78, 5) is 33.6. The Labute approximate surface area is 138 Å². The molecule has 0 heterocycles. The van der Waals surface area contributed by atoms with Crippen molar-refractivity contribution in [2.75, 3.05) is 19.0 Å². The minimum absolute atomic E-state index is 0.0650. The predicted molar refractivity (Wildman–Crippen MR) is 85.0 cm³/mol. The highest BCUT2D eigenvalue weighted by Gasteiger charge is 2.09. The fraction of sp³-hybridized carbons (Fsp3) is 0.250. The zero-order valence-electron chi connectivity index (χ0n) is 13.0. The van der Waals surface area contributed by atoms with Crippen LogP contribution in [-0.4, -0.2) is 36.6 Å². The number of esters is 1. The predicted octanol–water partition coefficient (Wildman–Crippen LogP) is 1.27. The number of carbonyl (C=O) groups is 3. The van der Waals surface area contributed by atoms with Crippen LogP contribution in [0.25, 0.3) is 0 Å². The first-order valence-corrected chi connectivity index (χ1v) is 7.03. The van der Waals surface area contributed by atoms with Gasteiger partial charge in [-0.2, -0.15) is 5.26 Å². The SMILES string of the molecule is COC(=O)c1cccc(N/C=C(/C#N)C(=O)NCCCC(=O)O)c1. The van der Waals surface area contributed by atoms with Gasteiger partial charge in [0.15, 0.2) is 0 Å². The van der Waals surface area contributed by atoms with Crippen LogP contribution in [0.15, 0.2) is 36.0 Å². The number of benzene rings is 1. The Bertz CT molecular complexity index is 691. The molecule has 0 atom stereocenters. The number of nitrogens with zero attached hydrogens (tertiary/aromatic N) is 1. The Morgan fingerprint density at radius 3 is 2.75 bits per heavy atom. The molecular formula is C16H17N3O5. The summed E-state index contributed by atoms with van der Waals surface area (Å²) >= 11 is 0. The van der Waals surface area contributed by atoms with Crippen molar-refractivity contribution in [1.82, 2.24) is 5.32 Å². The average molecular weight is 331 g/mol. The quantitative estimate of drug-likeness (QED) is 0.283. The monoisotopic (exact) mass is 331 g/mol. The van der Waals surface area contributed by atoms with Gasteiger partial charge in [0.2, 0.25) is 0 Å². The molecule has 0 aliphatic heterocycles. The van der Waals surface area contributed by atoms with Crippen molar-refractivity contribution in [2.24, 2.45) is 0 Å². The fourth-order valence-corrected chi connectivity index (χ4v) is 1.69. The zero-order valence-corrected chi connectivity index (χ0v) is 13.0. The average Bonchev–Trinajstić information content (AvgIpc) is 2.58. The topological polar surface area (TPSA) is 129 Å². The number of methoxy groups -OCH3 is 1. The first-order chi connectivity index (χ1) is 11.5. The lowest BCUT2D eigenvalue weighted by molar-refractivity contribution is -0.137. The molecular weight excluding hydrogens is 314 g/mol. The molecule has 0 radical (unpaired) electrons. The summed E-state index contributed by atoms with van der Waals surface area (Å²) in [7, 11) is 1.27. The van der Waals surface area contributed by atoms with E-state index in [1.54, 1.807) is 24.3 Å². The number of aliphatic carboxylic acids is 1. The van der Waals surface area contributed by atoms with Crippen LogP contribution >= 0.6 is 0 Å². The minimum atomic E-state index is -0.951. The van der Waals surface area contributed by atoms with Crippen LogP contribution in [0.5, 0.6) is 0 Å². The number of hydrogen-bond donors (Lipinski definition) is 3. The van der Waals surface area contributed by atoms with E-state index in [1.165, 1.54) is 19.4 Å². The number of amides is 1. The van der Waals surface area contributed by atoms with Gasteiger partial charge in [-0.15, -0.1) is 0 Å². The van der Waals surface area contributed by atoms with Crippen molar-refractivity contribution < 1.29 is 24.2 Å². The van der Waals surface area contributed by atoms with Gasteiger partial charge in [0, 0.05) is 24.9 Å². The van der Waals surface area contributed by atoms with E-state index in [4.69, 9.17) is 10.4 Å². The van der Waals surface area contributed by atoms with Crippen molar-refractivity contribution in [3.05, 3.63) is 41.6 Å². The zero-order chi connectivity index (χ0) is 17.9. The minimum Gasteiger partial charge on any atom is -0.481 e. The Balaban J connectivity index is 2.66. The summed E-state index contributed by atoms with van der Waals surface area (Å²) < 4.78 is 4.61. The number of ether oxygens (including phenoxy) is 1. The van der Waals surface area contributed by atoms with Crippen LogP contribution in [-0.2, 0) is 14.3 Å². The molecule has 0 bridgehead atoms. The summed E-state index contributed by atoms with van der Waals surface area (Å²) in [5.41, 5.74) is 0.658. The second-order valence-corrected chi connectivity index (χ2v) is 4.64. The number of carboxylic acid groups (broad SMARTS) is 1. The molecule has 3 N–H and O–H groups in total. The molecule has 1 aromatic carbocycles. The number of rotatable bonds is 8. The molecule has 0 aliphatic carbocycles. The molecule has 8 nitrogen and oxygen atoms in total. The van der Waals surface area contributed by atoms with Gasteiger partial charge in [-0.3, -0.25) is 9.59 Å². The summed E-state index contributed by atoms with van der Waals surface area (Å²) in [6.07, 6.45) is 1.42. The second-order valence-electron chi connectivity index (χ2n) is 4.64. The Morgan fingerprint density at radius 1 is 1.38 bits per heavy atom. The largest absolute Gasteiger partial charge is 0.481 e. The van der Waals surface area contributed by atoms with E-state index in [2.05, 4.69) is 15.4 Å². The Morgan fingerprint density at radius 2 is 2.12 bits per heavy atom. The standard InChI is InChI=1S/C16H17N3O5/c1-24-16(23)11-4-2-5-13(8-11)19-10-12(9-17)15(22)18-7-3-6-14(20)21/h2,4-5,8,10,19H,3,6-7H2,1H3,(H,18,22)(H,20,21)/b12-10-. The van der Waals surface area contributed by atoms with Crippen molar-refractivity contribution >= 4 is 23.5 Å². The van der Waals surface area contributed by atoms with Gasteiger partial charge in [0.05, 0.1) is 12.7 Å². The molecule has 24 heavy (non-hydrogen) atoms. The highest BCUT2D eigenvalue weighted by Crippen LogP contribution is 2.12. The van der Waals surface area contributed by atoms with Gasteiger partial charge in [0.25, 0.3) is 5.91 Å². The second kappa shape index (κ2) is 9.63. The molecule has 0 aliphatic rings. The van der Waals surface area contributed by atoms with Crippen molar-refractivity contribution in [2.45, 2.75) is 12.8 Å². The number of nitrogens with one attached hydrogen (secondary N) is 2. The number of hydrogen-bond acceptors (Lipinski definition) is 6. The maximum atomic E-state index is 11.8. The lowest BCUT2D eigenvalue weighted by Crippen LogP contribution is -2.26. The van der Waals surface area contributed by atoms with Gasteiger partial charge < -0.3 is 20.5 Å². The van der Waals surface area contributed by atoms with E-state index < -0.39 is 17.8 Å². The third-order valence-corrected chi connectivity index (χ3v) is 2.88. The van der Waals surface area contributed by atoms with Crippen molar-refractivity contribution in [3.8, 4) is 6.07 Å². The number of anilines is 1. The van der Waals surface area contributed by atoms with E-state index in [1.807, 2.05) is 0 Å². The van der Waals surface area contributed by atoms with Gasteiger partial charge in [-0.05, 0) is 24.6 Å². The lowest BCUT2D eigenvalue weighted by atomic mass is 10.2. The molecule has 0 saturated carbocycles. The van der Waals surface area contributed by atoms with Gasteiger partial charge >= 0.3 is 11.9 Å². The van der Waals surface area contributed by atoms with Crippen LogP contribution in [0, 0.1) is 11.3 Å². The van der Waals surface area contributed by atoms with Crippen LogP contribution in [0.4, 0.5) is 5.69 Å². The summed E-state index contributed by atoms with van der Waals surface area (Å²) in [5.74, 6) is -2.06. The van der Waals surface area contributed by atoms with Crippen LogP contribution in [0.1, 0.15) is 23.2 Å². The normalized spacial score (nSPS) is 10.4. The summed E-state index contributed by atoms with van der Waals surface area (Å²) in [6, 6.07) is 8.12.